The van der Waals surface area contributed by atoms with E-state index in [1.807, 2.05) is 0 Å². The van der Waals surface area contributed by atoms with E-state index in [2.05, 4.69) is 22.9 Å². The molecule has 0 heterocycles. The van der Waals surface area contributed by atoms with E-state index < -0.39 is 10.9 Å². The molecular formula is C14H16BrNO4. The number of nitro benzene ring substituents is 1. The lowest BCUT2D eigenvalue weighted by atomic mass is 9.88. The molecule has 0 spiro atoms. The van der Waals surface area contributed by atoms with Gasteiger partial charge in [-0.1, -0.05) is 13.3 Å². The van der Waals surface area contributed by atoms with E-state index in [1.165, 1.54) is 24.6 Å². The molecule has 0 N–H and O–H groups in total. The first-order valence-corrected chi connectivity index (χ1v) is 7.43. The van der Waals surface area contributed by atoms with Crippen LogP contribution in [0.25, 0.3) is 0 Å². The monoisotopic (exact) mass is 341 g/mol. The minimum atomic E-state index is -0.524. The normalized spacial score (nSPS) is 22.3. The number of ether oxygens (including phenoxy) is 1. The van der Waals surface area contributed by atoms with Crippen molar-refractivity contribution < 1.29 is 14.5 Å². The molecule has 1 saturated carbocycles. The summed E-state index contributed by atoms with van der Waals surface area (Å²) >= 11 is 3.09. The maximum Gasteiger partial charge on any atom is 0.338 e. The number of benzene rings is 1. The van der Waals surface area contributed by atoms with Gasteiger partial charge in [0.05, 0.1) is 15.0 Å². The Morgan fingerprint density at radius 1 is 1.40 bits per heavy atom. The number of nitrogens with zero attached hydrogens (tertiary/aromatic N) is 1. The maximum absolute atomic E-state index is 12.1. The predicted molar refractivity (Wildman–Crippen MR) is 77.6 cm³/mol. The van der Waals surface area contributed by atoms with Crippen LogP contribution in [0.4, 0.5) is 5.69 Å². The van der Waals surface area contributed by atoms with Gasteiger partial charge in [0.25, 0.3) is 5.69 Å². The molecule has 2 unspecified atom stereocenters. The Balaban J connectivity index is 2.13. The van der Waals surface area contributed by atoms with Crippen molar-refractivity contribution in [2.45, 2.75) is 38.7 Å². The Morgan fingerprint density at radius 2 is 2.10 bits per heavy atom. The molecule has 1 aromatic carbocycles. The van der Waals surface area contributed by atoms with Crippen LogP contribution in [0.3, 0.4) is 0 Å². The van der Waals surface area contributed by atoms with Crippen molar-refractivity contribution in [3.63, 3.8) is 0 Å². The molecule has 1 fully saturated rings. The summed E-state index contributed by atoms with van der Waals surface area (Å²) in [6.07, 6.45) is 4.06. The number of halogens is 1. The van der Waals surface area contributed by atoms with Crippen molar-refractivity contribution >= 4 is 27.6 Å². The molecule has 0 saturated heterocycles. The van der Waals surface area contributed by atoms with E-state index in [1.54, 1.807) is 0 Å². The highest BCUT2D eigenvalue weighted by Gasteiger charge is 2.26. The van der Waals surface area contributed by atoms with Crippen LogP contribution >= 0.6 is 15.9 Å². The standard InChI is InChI=1S/C14H16BrNO4/c1-9-4-2-3-5-13(9)20-14(17)10-6-7-11(15)12(8-10)16(18)19/h6-9,13H,2-5H2,1H3. The molecule has 0 radical (unpaired) electrons. The molecular weight excluding hydrogens is 326 g/mol. The van der Waals surface area contributed by atoms with Crippen LogP contribution in [-0.4, -0.2) is 17.0 Å². The van der Waals surface area contributed by atoms with Crippen molar-refractivity contribution in [2.75, 3.05) is 0 Å². The Hall–Kier alpha value is -1.43. The van der Waals surface area contributed by atoms with Crippen LogP contribution in [0.15, 0.2) is 22.7 Å². The van der Waals surface area contributed by atoms with E-state index in [4.69, 9.17) is 4.74 Å². The topological polar surface area (TPSA) is 69.4 Å². The van der Waals surface area contributed by atoms with E-state index in [-0.39, 0.29) is 17.4 Å². The van der Waals surface area contributed by atoms with Gasteiger partial charge in [-0.25, -0.2) is 4.79 Å². The number of carbonyl (C=O) groups excluding carboxylic acids is 1. The Morgan fingerprint density at radius 3 is 2.75 bits per heavy atom. The summed E-state index contributed by atoms with van der Waals surface area (Å²) in [4.78, 5) is 22.4. The van der Waals surface area contributed by atoms with Crippen molar-refractivity contribution in [1.29, 1.82) is 0 Å². The van der Waals surface area contributed by atoms with Gasteiger partial charge >= 0.3 is 5.97 Å². The highest BCUT2D eigenvalue weighted by atomic mass is 79.9. The largest absolute Gasteiger partial charge is 0.458 e. The molecule has 0 aliphatic heterocycles. The van der Waals surface area contributed by atoms with Crippen molar-refractivity contribution in [3.05, 3.63) is 38.3 Å². The molecule has 0 bridgehead atoms. The zero-order valence-electron chi connectivity index (χ0n) is 11.2. The fourth-order valence-corrected chi connectivity index (χ4v) is 2.83. The Labute approximate surface area is 125 Å². The molecule has 5 nitrogen and oxygen atoms in total. The number of carbonyl (C=O) groups is 1. The third-order valence-electron chi connectivity index (χ3n) is 3.67. The summed E-state index contributed by atoms with van der Waals surface area (Å²) in [6.45, 7) is 2.07. The molecule has 2 rings (SSSR count). The minimum Gasteiger partial charge on any atom is -0.458 e. The van der Waals surface area contributed by atoms with Gasteiger partial charge in [-0.2, -0.15) is 0 Å². The molecule has 1 aliphatic rings. The average molecular weight is 342 g/mol. The second-order valence-electron chi connectivity index (χ2n) is 5.13. The predicted octanol–water partition coefficient (Wildman–Crippen LogP) is 4.09. The van der Waals surface area contributed by atoms with Gasteiger partial charge in [0.15, 0.2) is 0 Å². The molecule has 1 aromatic rings. The van der Waals surface area contributed by atoms with Gasteiger partial charge < -0.3 is 4.74 Å². The van der Waals surface area contributed by atoms with E-state index in [0.29, 0.717) is 10.4 Å². The van der Waals surface area contributed by atoms with Crippen LogP contribution in [0, 0.1) is 16.0 Å². The molecule has 6 heteroatoms. The second kappa shape index (κ2) is 6.35. The van der Waals surface area contributed by atoms with Crippen molar-refractivity contribution in [2.24, 2.45) is 5.92 Å². The summed E-state index contributed by atoms with van der Waals surface area (Å²) in [6, 6.07) is 4.28. The SMILES string of the molecule is CC1CCCCC1OC(=O)c1ccc(Br)c([N+](=O)[O-])c1. The van der Waals surface area contributed by atoms with Gasteiger partial charge in [0.1, 0.15) is 6.10 Å². The van der Waals surface area contributed by atoms with Crippen LogP contribution in [0.5, 0.6) is 0 Å². The minimum absolute atomic E-state index is 0.0843. The highest BCUT2D eigenvalue weighted by Crippen LogP contribution is 2.29. The first-order valence-electron chi connectivity index (χ1n) is 6.64. The third kappa shape index (κ3) is 3.36. The molecule has 108 valence electrons. The summed E-state index contributed by atoms with van der Waals surface area (Å²) < 4.78 is 5.84. The van der Waals surface area contributed by atoms with E-state index >= 15 is 0 Å². The first kappa shape index (κ1) is 15.0. The third-order valence-corrected chi connectivity index (χ3v) is 4.34. The lowest BCUT2D eigenvalue weighted by Crippen LogP contribution is -2.28. The molecule has 20 heavy (non-hydrogen) atoms. The summed E-state index contributed by atoms with van der Waals surface area (Å²) in [7, 11) is 0. The van der Waals surface area contributed by atoms with Crippen molar-refractivity contribution in [3.8, 4) is 0 Å². The molecule has 0 aromatic heterocycles. The molecule has 0 amide bonds. The maximum atomic E-state index is 12.1. The first-order chi connectivity index (χ1) is 9.49. The molecule has 1 aliphatic carbocycles. The average Bonchev–Trinajstić information content (AvgIpc) is 2.41. The second-order valence-corrected chi connectivity index (χ2v) is 5.98. The zero-order chi connectivity index (χ0) is 14.7. The fraction of sp³-hybridized carbons (Fsp3) is 0.500. The van der Waals surface area contributed by atoms with Crippen LogP contribution < -0.4 is 0 Å². The van der Waals surface area contributed by atoms with Gasteiger partial charge in [0.2, 0.25) is 0 Å². The number of esters is 1. The quantitative estimate of drug-likeness (QED) is 0.471. The van der Waals surface area contributed by atoms with Crippen LogP contribution in [-0.2, 0) is 4.74 Å². The van der Waals surface area contributed by atoms with Crippen molar-refractivity contribution in [1.82, 2.24) is 0 Å². The van der Waals surface area contributed by atoms with Gasteiger partial charge in [-0.05, 0) is 53.2 Å². The fourth-order valence-electron chi connectivity index (χ4n) is 2.44. The summed E-state index contributed by atoms with van der Waals surface area (Å²) in [5.41, 5.74) is 0.0915. The summed E-state index contributed by atoms with van der Waals surface area (Å²) in [5.74, 6) is -0.141. The zero-order valence-corrected chi connectivity index (χ0v) is 12.8. The van der Waals surface area contributed by atoms with E-state index in [9.17, 15) is 14.9 Å². The smallest absolute Gasteiger partial charge is 0.338 e. The Bertz CT molecular complexity index is 532. The van der Waals surface area contributed by atoms with Crippen LogP contribution in [0.2, 0.25) is 0 Å². The highest BCUT2D eigenvalue weighted by molar-refractivity contribution is 9.10. The number of rotatable bonds is 3. The van der Waals surface area contributed by atoms with Gasteiger partial charge in [0, 0.05) is 6.07 Å². The van der Waals surface area contributed by atoms with E-state index in [0.717, 1.165) is 19.3 Å². The van der Waals surface area contributed by atoms with Gasteiger partial charge in [-0.3, -0.25) is 10.1 Å². The van der Waals surface area contributed by atoms with Crippen LogP contribution in [0.1, 0.15) is 43.0 Å². The summed E-state index contributed by atoms with van der Waals surface area (Å²) in [5, 5.41) is 10.9. The number of hydrogen-bond donors (Lipinski definition) is 0. The van der Waals surface area contributed by atoms with Gasteiger partial charge in [-0.15, -0.1) is 0 Å². The number of hydrogen-bond acceptors (Lipinski definition) is 4. The number of nitro groups is 1. The Kier molecular flexibility index (Phi) is 4.75. The molecule has 2 atom stereocenters. The lowest BCUT2D eigenvalue weighted by molar-refractivity contribution is -0.385. The lowest BCUT2D eigenvalue weighted by Gasteiger charge is -2.28.